The van der Waals surface area contributed by atoms with Gasteiger partial charge < -0.3 is 5.32 Å². The van der Waals surface area contributed by atoms with Crippen LogP contribution in [0.25, 0.3) is 0 Å². The van der Waals surface area contributed by atoms with Gasteiger partial charge in [-0.1, -0.05) is 0 Å². The summed E-state index contributed by atoms with van der Waals surface area (Å²) in [5, 5.41) is 10.8. The normalized spacial score (nSPS) is 30.7. The number of urea groups is 1. The molecule has 0 aromatic heterocycles. The molecule has 6 nitrogen and oxygen atoms in total. The van der Waals surface area contributed by atoms with Crippen LogP contribution in [0.2, 0.25) is 0 Å². The molecule has 0 saturated carbocycles. The molecule has 6 heteroatoms. The molecule has 2 unspecified atom stereocenters. The summed E-state index contributed by atoms with van der Waals surface area (Å²) >= 11 is 0. The third kappa shape index (κ3) is 1.14. The first-order chi connectivity index (χ1) is 6.63. The molecule has 1 saturated heterocycles. The average molecular weight is 196 g/mol. The van der Waals surface area contributed by atoms with Crippen LogP contribution >= 0.6 is 0 Å². The standard InChI is InChI=1S/C8H12N4O2/c1-3-12-6-5(4(2)11-12)7(13)10-8(14)9-6/h5-6H,3H2,1-2H3,(H2,9,10,13,14). The van der Waals surface area contributed by atoms with Crippen LogP contribution in [0.5, 0.6) is 0 Å². The average Bonchev–Trinajstić information content (AvgIpc) is 2.42. The van der Waals surface area contributed by atoms with E-state index in [-0.39, 0.29) is 18.0 Å². The Kier molecular flexibility index (Phi) is 1.90. The van der Waals surface area contributed by atoms with Crippen molar-refractivity contribution in [3.8, 4) is 0 Å². The summed E-state index contributed by atoms with van der Waals surface area (Å²) in [5.41, 5.74) is 0.745. The van der Waals surface area contributed by atoms with Gasteiger partial charge in [-0.25, -0.2) is 4.79 Å². The Morgan fingerprint density at radius 3 is 2.86 bits per heavy atom. The number of nitrogens with zero attached hydrogens (tertiary/aromatic N) is 2. The summed E-state index contributed by atoms with van der Waals surface area (Å²) in [6.07, 6.45) is -0.304. The van der Waals surface area contributed by atoms with E-state index in [0.29, 0.717) is 6.54 Å². The largest absolute Gasteiger partial charge is 0.323 e. The van der Waals surface area contributed by atoms with Gasteiger partial charge in [0.2, 0.25) is 5.91 Å². The van der Waals surface area contributed by atoms with Gasteiger partial charge in [0.05, 0.1) is 5.71 Å². The molecule has 0 bridgehead atoms. The summed E-state index contributed by atoms with van der Waals surface area (Å²) in [4.78, 5) is 22.5. The highest BCUT2D eigenvalue weighted by atomic mass is 16.2. The highest BCUT2D eigenvalue weighted by molar-refractivity contribution is 6.11. The van der Waals surface area contributed by atoms with Crippen molar-refractivity contribution < 1.29 is 9.59 Å². The maximum absolute atomic E-state index is 11.5. The molecule has 3 amide bonds. The van der Waals surface area contributed by atoms with Crippen LogP contribution in [0.3, 0.4) is 0 Å². The summed E-state index contributed by atoms with van der Waals surface area (Å²) in [6, 6.07) is -0.445. The van der Waals surface area contributed by atoms with Crippen molar-refractivity contribution >= 4 is 17.6 Å². The van der Waals surface area contributed by atoms with E-state index >= 15 is 0 Å². The van der Waals surface area contributed by atoms with Crippen molar-refractivity contribution in [2.75, 3.05) is 6.54 Å². The Labute approximate surface area is 81.3 Å². The number of rotatable bonds is 1. The molecule has 2 rings (SSSR count). The Morgan fingerprint density at radius 2 is 2.21 bits per heavy atom. The van der Waals surface area contributed by atoms with Crippen molar-refractivity contribution in [2.45, 2.75) is 20.0 Å². The minimum Gasteiger partial charge on any atom is -0.315 e. The third-order valence-corrected chi connectivity index (χ3v) is 2.50. The highest BCUT2D eigenvalue weighted by Gasteiger charge is 2.44. The van der Waals surface area contributed by atoms with Crippen LogP contribution in [-0.4, -0.2) is 35.4 Å². The Bertz CT molecular complexity index is 325. The van der Waals surface area contributed by atoms with Gasteiger partial charge in [-0.2, -0.15) is 5.10 Å². The number of carbonyl (C=O) groups excluding carboxylic acids is 2. The van der Waals surface area contributed by atoms with Gasteiger partial charge in [-0.3, -0.25) is 15.1 Å². The zero-order valence-electron chi connectivity index (χ0n) is 8.07. The molecule has 0 aliphatic carbocycles. The summed E-state index contributed by atoms with van der Waals surface area (Å²) in [6.45, 7) is 4.40. The van der Waals surface area contributed by atoms with Crippen LogP contribution in [0.15, 0.2) is 5.10 Å². The van der Waals surface area contributed by atoms with Gasteiger partial charge in [0, 0.05) is 6.54 Å². The smallest absolute Gasteiger partial charge is 0.315 e. The molecular formula is C8H12N4O2. The van der Waals surface area contributed by atoms with E-state index in [1.165, 1.54) is 0 Å². The first-order valence-corrected chi connectivity index (χ1v) is 4.56. The number of nitrogens with one attached hydrogen (secondary N) is 2. The van der Waals surface area contributed by atoms with Gasteiger partial charge in [-0.05, 0) is 13.8 Å². The molecule has 2 aliphatic heterocycles. The molecular weight excluding hydrogens is 184 g/mol. The van der Waals surface area contributed by atoms with Crippen LogP contribution in [0.1, 0.15) is 13.8 Å². The number of amides is 3. The van der Waals surface area contributed by atoms with E-state index in [1.807, 2.05) is 6.92 Å². The van der Waals surface area contributed by atoms with E-state index in [9.17, 15) is 9.59 Å². The van der Waals surface area contributed by atoms with Crippen molar-refractivity contribution in [3.05, 3.63) is 0 Å². The zero-order chi connectivity index (χ0) is 10.3. The fourth-order valence-corrected chi connectivity index (χ4v) is 1.85. The Hall–Kier alpha value is -1.59. The lowest BCUT2D eigenvalue weighted by Gasteiger charge is -2.30. The Balaban J connectivity index is 2.27. The lowest BCUT2D eigenvalue weighted by molar-refractivity contribution is -0.124. The van der Waals surface area contributed by atoms with E-state index in [0.717, 1.165) is 5.71 Å². The van der Waals surface area contributed by atoms with Crippen molar-refractivity contribution in [1.82, 2.24) is 15.6 Å². The summed E-state index contributed by atoms with van der Waals surface area (Å²) < 4.78 is 0. The molecule has 2 aliphatic rings. The Morgan fingerprint density at radius 1 is 1.50 bits per heavy atom. The summed E-state index contributed by atoms with van der Waals surface area (Å²) in [7, 11) is 0. The van der Waals surface area contributed by atoms with Crippen LogP contribution < -0.4 is 10.6 Å². The molecule has 2 N–H and O–H groups in total. The molecule has 0 radical (unpaired) electrons. The van der Waals surface area contributed by atoms with Crippen molar-refractivity contribution in [1.29, 1.82) is 0 Å². The minimum absolute atomic E-state index is 0.268. The van der Waals surface area contributed by atoms with Crippen LogP contribution in [-0.2, 0) is 4.79 Å². The molecule has 76 valence electrons. The van der Waals surface area contributed by atoms with Gasteiger partial charge in [0.1, 0.15) is 12.1 Å². The first kappa shape index (κ1) is 8.98. The van der Waals surface area contributed by atoms with Gasteiger partial charge >= 0.3 is 6.03 Å². The molecule has 2 heterocycles. The molecule has 0 aromatic rings. The van der Waals surface area contributed by atoms with E-state index in [1.54, 1.807) is 11.9 Å². The van der Waals surface area contributed by atoms with Crippen LogP contribution in [0, 0.1) is 5.92 Å². The van der Waals surface area contributed by atoms with E-state index < -0.39 is 6.03 Å². The molecule has 14 heavy (non-hydrogen) atoms. The molecule has 0 aromatic carbocycles. The molecule has 2 atom stereocenters. The molecule has 0 spiro atoms. The highest BCUT2D eigenvalue weighted by Crippen LogP contribution is 2.22. The first-order valence-electron chi connectivity index (χ1n) is 4.56. The van der Waals surface area contributed by atoms with Crippen molar-refractivity contribution in [2.24, 2.45) is 11.0 Å². The number of carbonyl (C=O) groups is 2. The second-order valence-corrected chi connectivity index (χ2v) is 3.38. The third-order valence-electron chi connectivity index (χ3n) is 2.50. The number of imide groups is 1. The van der Waals surface area contributed by atoms with Gasteiger partial charge in [0.15, 0.2) is 0 Å². The van der Waals surface area contributed by atoms with Gasteiger partial charge in [0.25, 0.3) is 0 Å². The zero-order valence-corrected chi connectivity index (χ0v) is 8.07. The number of hydrazone groups is 1. The van der Waals surface area contributed by atoms with Gasteiger partial charge in [-0.15, -0.1) is 0 Å². The monoisotopic (exact) mass is 196 g/mol. The quantitative estimate of drug-likeness (QED) is 0.592. The SMILES string of the molecule is CCN1N=C(C)C2C(=O)NC(=O)NC21. The van der Waals surface area contributed by atoms with Crippen molar-refractivity contribution in [3.63, 3.8) is 0 Å². The summed E-state index contributed by atoms with van der Waals surface area (Å²) in [5.74, 6) is -0.608. The fraction of sp³-hybridized carbons (Fsp3) is 0.625. The second-order valence-electron chi connectivity index (χ2n) is 3.38. The number of hydrogen-bond acceptors (Lipinski definition) is 4. The predicted molar refractivity (Wildman–Crippen MR) is 49.4 cm³/mol. The minimum atomic E-state index is -0.445. The number of hydrogen-bond donors (Lipinski definition) is 2. The lowest BCUT2D eigenvalue weighted by Crippen LogP contribution is -2.61. The fourth-order valence-electron chi connectivity index (χ4n) is 1.85. The number of fused-ring (bicyclic) bond motifs is 1. The second kappa shape index (κ2) is 2.97. The maximum Gasteiger partial charge on any atom is 0.323 e. The predicted octanol–water partition coefficient (Wildman–Crippen LogP) is -0.521. The van der Waals surface area contributed by atoms with Crippen LogP contribution in [0.4, 0.5) is 4.79 Å². The topological polar surface area (TPSA) is 73.8 Å². The molecule has 1 fully saturated rings. The van der Waals surface area contributed by atoms with E-state index in [4.69, 9.17) is 0 Å². The lowest BCUT2D eigenvalue weighted by atomic mass is 9.99. The maximum atomic E-state index is 11.5. The van der Waals surface area contributed by atoms with E-state index in [2.05, 4.69) is 15.7 Å².